The summed E-state index contributed by atoms with van der Waals surface area (Å²) in [6.45, 7) is 0. The van der Waals surface area contributed by atoms with Crippen LogP contribution in [0.2, 0.25) is 0 Å². The van der Waals surface area contributed by atoms with Crippen molar-refractivity contribution in [2.45, 2.75) is 25.7 Å². The quantitative estimate of drug-likeness (QED) is 0.928. The van der Waals surface area contributed by atoms with Crippen molar-refractivity contribution in [3.63, 3.8) is 0 Å². The molecule has 104 valence electrons. The number of rotatable bonds is 3. The molecule has 1 aliphatic carbocycles. The molecule has 0 saturated heterocycles. The van der Waals surface area contributed by atoms with Crippen LogP contribution in [0.15, 0.2) is 18.2 Å². The van der Waals surface area contributed by atoms with Crippen molar-refractivity contribution < 1.29 is 4.74 Å². The molecule has 1 aliphatic rings. The Morgan fingerprint density at radius 2 is 1.95 bits per heavy atom. The van der Waals surface area contributed by atoms with Crippen LogP contribution >= 0.6 is 0 Å². The van der Waals surface area contributed by atoms with E-state index in [0.29, 0.717) is 11.7 Å². The fraction of sp³-hybridized carbons (Fsp3) is 0.400. The zero-order valence-corrected chi connectivity index (χ0v) is 11.8. The van der Waals surface area contributed by atoms with E-state index < -0.39 is 0 Å². The third-order valence-corrected chi connectivity index (χ3v) is 3.58. The second kappa shape index (κ2) is 5.45. The van der Waals surface area contributed by atoms with Crippen molar-refractivity contribution in [3.05, 3.63) is 29.5 Å². The molecular formula is C15H18N4O. The first-order chi connectivity index (χ1) is 9.81. The summed E-state index contributed by atoms with van der Waals surface area (Å²) < 4.78 is 5.16. The molecule has 0 spiro atoms. The van der Waals surface area contributed by atoms with Crippen LogP contribution in [0.3, 0.4) is 0 Å². The van der Waals surface area contributed by atoms with Crippen molar-refractivity contribution in [1.29, 1.82) is 0 Å². The highest BCUT2D eigenvalue weighted by atomic mass is 16.5. The van der Waals surface area contributed by atoms with Gasteiger partial charge in [0, 0.05) is 24.4 Å². The summed E-state index contributed by atoms with van der Waals surface area (Å²) in [5.74, 6) is 2.16. The van der Waals surface area contributed by atoms with Gasteiger partial charge in [-0.1, -0.05) is 6.07 Å². The number of aryl methyl sites for hydroxylation is 1. The van der Waals surface area contributed by atoms with Crippen LogP contribution in [0.1, 0.15) is 24.1 Å². The lowest BCUT2D eigenvalue weighted by molar-refractivity contribution is 0.398. The van der Waals surface area contributed by atoms with Crippen LogP contribution in [-0.4, -0.2) is 29.1 Å². The van der Waals surface area contributed by atoms with Crippen LogP contribution in [0.25, 0.3) is 11.5 Å². The zero-order chi connectivity index (χ0) is 13.9. The van der Waals surface area contributed by atoms with E-state index in [-0.39, 0.29) is 0 Å². The number of nitrogens with zero attached hydrogens (tertiary/aromatic N) is 3. The molecule has 2 heterocycles. The van der Waals surface area contributed by atoms with E-state index in [1.165, 1.54) is 18.4 Å². The first-order valence-corrected chi connectivity index (χ1v) is 6.91. The van der Waals surface area contributed by atoms with Crippen LogP contribution in [0, 0.1) is 0 Å². The second-order valence-electron chi connectivity index (χ2n) is 4.84. The average Bonchev–Trinajstić information content (AvgIpc) is 2.53. The monoisotopic (exact) mass is 270 g/mol. The number of pyridine rings is 1. The standard InChI is InChI=1S/C15H18N4O/c1-16-14-10-6-3-4-7-11(10)18-15(19-14)12-8-5-9-13(17-12)20-2/h5,8-9H,3-4,6-7H2,1-2H3,(H,16,18,19). The lowest BCUT2D eigenvalue weighted by atomic mass is 9.96. The molecule has 3 rings (SSSR count). The molecule has 0 amide bonds. The molecule has 5 heteroatoms. The lowest BCUT2D eigenvalue weighted by Crippen LogP contribution is -2.12. The Hall–Kier alpha value is -2.17. The summed E-state index contributed by atoms with van der Waals surface area (Å²) in [6, 6.07) is 5.64. The van der Waals surface area contributed by atoms with Crippen LogP contribution in [0.5, 0.6) is 5.88 Å². The minimum atomic E-state index is 0.579. The van der Waals surface area contributed by atoms with E-state index >= 15 is 0 Å². The number of fused-ring (bicyclic) bond motifs is 1. The highest BCUT2D eigenvalue weighted by Crippen LogP contribution is 2.28. The molecule has 5 nitrogen and oxygen atoms in total. The van der Waals surface area contributed by atoms with Crippen molar-refractivity contribution in [2.75, 3.05) is 19.5 Å². The van der Waals surface area contributed by atoms with Gasteiger partial charge in [-0.2, -0.15) is 0 Å². The third-order valence-electron chi connectivity index (χ3n) is 3.58. The van der Waals surface area contributed by atoms with Gasteiger partial charge < -0.3 is 10.1 Å². The maximum Gasteiger partial charge on any atom is 0.213 e. The summed E-state index contributed by atoms with van der Waals surface area (Å²) in [5.41, 5.74) is 3.15. The maximum absolute atomic E-state index is 5.16. The van der Waals surface area contributed by atoms with Gasteiger partial charge in [0.25, 0.3) is 0 Å². The Labute approximate surface area is 118 Å². The van der Waals surface area contributed by atoms with Crippen LogP contribution in [-0.2, 0) is 12.8 Å². The molecular weight excluding hydrogens is 252 g/mol. The molecule has 0 saturated carbocycles. The summed E-state index contributed by atoms with van der Waals surface area (Å²) in [4.78, 5) is 13.7. The Bertz CT molecular complexity index is 610. The molecule has 0 bridgehead atoms. The van der Waals surface area contributed by atoms with Gasteiger partial charge in [0.2, 0.25) is 5.88 Å². The van der Waals surface area contributed by atoms with E-state index in [0.717, 1.165) is 30.0 Å². The number of aromatic nitrogens is 3. The van der Waals surface area contributed by atoms with Gasteiger partial charge in [0.05, 0.1) is 7.11 Å². The molecule has 0 fully saturated rings. The third kappa shape index (κ3) is 2.31. The van der Waals surface area contributed by atoms with Crippen molar-refractivity contribution in [3.8, 4) is 17.4 Å². The summed E-state index contributed by atoms with van der Waals surface area (Å²) in [6.07, 6.45) is 4.47. The Balaban J connectivity index is 2.09. The van der Waals surface area contributed by atoms with Crippen LogP contribution < -0.4 is 10.1 Å². The van der Waals surface area contributed by atoms with E-state index in [1.54, 1.807) is 7.11 Å². The summed E-state index contributed by atoms with van der Waals surface area (Å²) >= 11 is 0. The van der Waals surface area contributed by atoms with E-state index in [9.17, 15) is 0 Å². The normalized spacial score (nSPS) is 13.7. The molecule has 2 aromatic rings. The Kier molecular flexibility index (Phi) is 3.50. The van der Waals surface area contributed by atoms with E-state index in [1.807, 2.05) is 25.2 Å². The molecule has 0 unspecified atom stereocenters. The topological polar surface area (TPSA) is 59.9 Å². The van der Waals surface area contributed by atoms with Crippen molar-refractivity contribution >= 4 is 5.82 Å². The predicted molar refractivity (Wildman–Crippen MR) is 78.0 cm³/mol. The first kappa shape index (κ1) is 12.8. The number of methoxy groups -OCH3 is 1. The number of nitrogens with one attached hydrogen (secondary N) is 1. The van der Waals surface area contributed by atoms with Gasteiger partial charge in [-0.15, -0.1) is 0 Å². The summed E-state index contributed by atoms with van der Waals surface area (Å²) in [7, 11) is 3.51. The molecule has 0 aliphatic heterocycles. The van der Waals surface area contributed by atoms with Gasteiger partial charge in [-0.3, -0.25) is 0 Å². The van der Waals surface area contributed by atoms with Gasteiger partial charge in [0.1, 0.15) is 11.5 Å². The fourth-order valence-corrected chi connectivity index (χ4v) is 2.57. The minimum absolute atomic E-state index is 0.579. The van der Waals surface area contributed by atoms with E-state index in [2.05, 4.69) is 15.3 Å². The van der Waals surface area contributed by atoms with Gasteiger partial charge in [0.15, 0.2) is 5.82 Å². The number of anilines is 1. The highest BCUT2D eigenvalue weighted by molar-refractivity contribution is 5.57. The van der Waals surface area contributed by atoms with Gasteiger partial charge in [-0.25, -0.2) is 15.0 Å². The molecule has 0 atom stereocenters. The zero-order valence-electron chi connectivity index (χ0n) is 11.8. The molecule has 0 radical (unpaired) electrons. The predicted octanol–water partition coefficient (Wildman–Crippen LogP) is 2.47. The lowest BCUT2D eigenvalue weighted by Gasteiger charge is -2.18. The largest absolute Gasteiger partial charge is 0.481 e. The molecule has 20 heavy (non-hydrogen) atoms. The van der Waals surface area contributed by atoms with Gasteiger partial charge in [-0.05, 0) is 31.7 Å². The fourth-order valence-electron chi connectivity index (χ4n) is 2.57. The molecule has 0 aromatic carbocycles. The second-order valence-corrected chi connectivity index (χ2v) is 4.84. The van der Waals surface area contributed by atoms with Gasteiger partial charge >= 0.3 is 0 Å². The van der Waals surface area contributed by atoms with Crippen LogP contribution in [0.4, 0.5) is 5.82 Å². The Morgan fingerprint density at radius 1 is 1.10 bits per heavy atom. The van der Waals surface area contributed by atoms with E-state index in [4.69, 9.17) is 9.72 Å². The SMILES string of the molecule is CNc1nc(-c2cccc(OC)n2)nc2c1CCCC2. The summed E-state index contributed by atoms with van der Waals surface area (Å²) in [5, 5.41) is 3.18. The van der Waals surface area contributed by atoms with Crippen molar-refractivity contribution in [2.24, 2.45) is 0 Å². The molecule has 1 N–H and O–H groups in total. The maximum atomic E-state index is 5.16. The number of hydrogen-bond donors (Lipinski definition) is 1. The number of hydrogen-bond acceptors (Lipinski definition) is 5. The van der Waals surface area contributed by atoms with Crippen molar-refractivity contribution in [1.82, 2.24) is 15.0 Å². The minimum Gasteiger partial charge on any atom is -0.481 e. The first-order valence-electron chi connectivity index (χ1n) is 6.91. The average molecular weight is 270 g/mol. The molecule has 2 aromatic heterocycles. The Morgan fingerprint density at radius 3 is 2.75 bits per heavy atom. The highest BCUT2D eigenvalue weighted by Gasteiger charge is 2.18. The number of ether oxygens (including phenoxy) is 1. The smallest absolute Gasteiger partial charge is 0.213 e.